The van der Waals surface area contributed by atoms with E-state index in [0.717, 1.165) is 30.6 Å². The lowest BCUT2D eigenvalue weighted by atomic mass is 10.1. The molecule has 0 aromatic heterocycles. The summed E-state index contributed by atoms with van der Waals surface area (Å²) in [4.78, 5) is 12.0. The number of ether oxygens (including phenoxy) is 1. The van der Waals surface area contributed by atoms with Crippen molar-refractivity contribution in [1.82, 2.24) is 10.6 Å². The SMILES string of the molecule is O=C(NCCC1=CCOCC1)N[C@H]1c2ccccc2C[C@@H]1O. The Kier molecular flexibility index (Phi) is 4.75. The molecule has 3 rings (SSSR count). The first-order chi connectivity index (χ1) is 10.7. The summed E-state index contributed by atoms with van der Waals surface area (Å²) in [6.07, 6.45) is 3.91. The predicted molar refractivity (Wildman–Crippen MR) is 83.6 cm³/mol. The number of nitrogens with one attached hydrogen (secondary N) is 2. The molecule has 0 fully saturated rings. The summed E-state index contributed by atoms with van der Waals surface area (Å²) in [5.74, 6) is 0. The minimum absolute atomic E-state index is 0.228. The molecule has 22 heavy (non-hydrogen) atoms. The largest absolute Gasteiger partial charge is 0.390 e. The van der Waals surface area contributed by atoms with Crippen LogP contribution in [0.4, 0.5) is 4.79 Å². The van der Waals surface area contributed by atoms with Crippen LogP contribution in [0.25, 0.3) is 0 Å². The zero-order valence-electron chi connectivity index (χ0n) is 12.5. The summed E-state index contributed by atoms with van der Waals surface area (Å²) in [5.41, 5.74) is 3.45. The third kappa shape index (κ3) is 3.48. The molecular formula is C17H22N2O3. The molecule has 0 spiro atoms. The molecule has 1 aliphatic carbocycles. The van der Waals surface area contributed by atoms with Gasteiger partial charge in [-0.1, -0.05) is 35.9 Å². The van der Waals surface area contributed by atoms with Crippen molar-refractivity contribution in [1.29, 1.82) is 0 Å². The van der Waals surface area contributed by atoms with Gasteiger partial charge in [-0.25, -0.2) is 4.79 Å². The van der Waals surface area contributed by atoms with Crippen molar-refractivity contribution in [2.75, 3.05) is 19.8 Å². The number of fused-ring (bicyclic) bond motifs is 1. The standard InChI is InChI=1S/C17H22N2O3/c20-15-11-13-3-1-2-4-14(13)16(15)19-17(21)18-8-5-12-6-9-22-10-7-12/h1-4,6,15-16,20H,5,7-11H2,(H2,18,19,21)/t15-,16-/m0/s1. The summed E-state index contributed by atoms with van der Waals surface area (Å²) < 4.78 is 5.26. The van der Waals surface area contributed by atoms with Crippen molar-refractivity contribution in [2.24, 2.45) is 0 Å². The number of hydrogen-bond donors (Lipinski definition) is 3. The van der Waals surface area contributed by atoms with Gasteiger partial charge in [-0.3, -0.25) is 0 Å². The molecule has 2 amide bonds. The average Bonchev–Trinajstić information content (AvgIpc) is 2.84. The van der Waals surface area contributed by atoms with Crippen LogP contribution in [0, 0.1) is 0 Å². The summed E-state index contributed by atoms with van der Waals surface area (Å²) in [6.45, 7) is 2.04. The molecule has 1 aromatic carbocycles. The van der Waals surface area contributed by atoms with E-state index in [1.54, 1.807) is 0 Å². The lowest BCUT2D eigenvalue weighted by Gasteiger charge is -2.19. The normalized spacial score (nSPS) is 23.6. The van der Waals surface area contributed by atoms with Gasteiger partial charge in [-0.05, 0) is 24.0 Å². The van der Waals surface area contributed by atoms with Gasteiger partial charge in [-0.15, -0.1) is 0 Å². The van der Waals surface area contributed by atoms with Gasteiger partial charge in [0, 0.05) is 13.0 Å². The predicted octanol–water partition coefficient (Wildman–Crippen LogP) is 1.68. The number of carbonyl (C=O) groups is 1. The van der Waals surface area contributed by atoms with E-state index in [1.807, 2.05) is 24.3 Å². The van der Waals surface area contributed by atoms with E-state index in [9.17, 15) is 9.90 Å². The molecule has 0 radical (unpaired) electrons. The van der Waals surface area contributed by atoms with Crippen LogP contribution in [0.5, 0.6) is 0 Å². The number of benzene rings is 1. The number of hydrogen-bond acceptors (Lipinski definition) is 3. The van der Waals surface area contributed by atoms with Crippen LogP contribution in [-0.4, -0.2) is 37.0 Å². The van der Waals surface area contributed by atoms with Gasteiger partial charge in [0.2, 0.25) is 0 Å². The van der Waals surface area contributed by atoms with E-state index in [4.69, 9.17) is 4.74 Å². The second-order valence-corrected chi connectivity index (χ2v) is 5.79. The molecule has 2 aliphatic rings. The molecule has 3 N–H and O–H groups in total. The van der Waals surface area contributed by atoms with E-state index < -0.39 is 6.10 Å². The number of urea groups is 1. The van der Waals surface area contributed by atoms with Crippen molar-refractivity contribution < 1.29 is 14.6 Å². The Balaban J connectivity index is 1.48. The van der Waals surface area contributed by atoms with Crippen LogP contribution in [0.1, 0.15) is 30.0 Å². The fraction of sp³-hybridized carbons (Fsp3) is 0.471. The van der Waals surface area contributed by atoms with Crippen LogP contribution in [0.2, 0.25) is 0 Å². The summed E-state index contributed by atoms with van der Waals surface area (Å²) in [5, 5.41) is 15.9. The second-order valence-electron chi connectivity index (χ2n) is 5.79. The number of carbonyl (C=O) groups excluding carboxylic acids is 1. The Hall–Kier alpha value is -1.85. The van der Waals surface area contributed by atoms with Gasteiger partial charge in [0.1, 0.15) is 0 Å². The van der Waals surface area contributed by atoms with Gasteiger partial charge in [0.05, 0.1) is 25.4 Å². The Labute approximate surface area is 130 Å². The zero-order valence-corrected chi connectivity index (χ0v) is 12.5. The van der Waals surface area contributed by atoms with Gasteiger partial charge >= 0.3 is 6.03 Å². The molecule has 0 unspecified atom stereocenters. The van der Waals surface area contributed by atoms with Gasteiger partial charge in [0.15, 0.2) is 0 Å². The average molecular weight is 302 g/mol. The summed E-state index contributed by atoms with van der Waals surface area (Å²) in [7, 11) is 0. The maximum atomic E-state index is 12.0. The molecule has 118 valence electrons. The van der Waals surface area contributed by atoms with Crippen molar-refractivity contribution in [3.05, 3.63) is 47.0 Å². The van der Waals surface area contributed by atoms with Crippen molar-refractivity contribution in [3.63, 3.8) is 0 Å². The van der Waals surface area contributed by atoms with Crippen LogP contribution in [-0.2, 0) is 11.2 Å². The van der Waals surface area contributed by atoms with E-state index in [-0.39, 0.29) is 12.1 Å². The fourth-order valence-electron chi connectivity index (χ4n) is 3.07. The Bertz CT molecular complexity index is 571. The summed E-state index contributed by atoms with van der Waals surface area (Å²) in [6, 6.07) is 7.29. The monoisotopic (exact) mass is 302 g/mol. The van der Waals surface area contributed by atoms with Gasteiger partial charge in [-0.2, -0.15) is 0 Å². The Morgan fingerprint density at radius 1 is 1.36 bits per heavy atom. The fourth-order valence-corrected chi connectivity index (χ4v) is 3.07. The molecule has 5 heteroatoms. The first kappa shape index (κ1) is 15.1. The van der Waals surface area contributed by atoms with E-state index in [2.05, 4.69) is 16.7 Å². The van der Waals surface area contributed by atoms with E-state index in [1.165, 1.54) is 5.57 Å². The number of amides is 2. The molecule has 2 atom stereocenters. The van der Waals surface area contributed by atoms with Crippen molar-refractivity contribution >= 4 is 6.03 Å². The molecule has 0 saturated heterocycles. The number of aliphatic hydroxyl groups is 1. The maximum Gasteiger partial charge on any atom is 0.315 e. The topological polar surface area (TPSA) is 70.6 Å². The van der Waals surface area contributed by atoms with Crippen LogP contribution >= 0.6 is 0 Å². The minimum atomic E-state index is -0.554. The highest BCUT2D eigenvalue weighted by Gasteiger charge is 2.31. The number of rotatable bonds is 4. The lowest BCUT2D eigenvalue weighted by Crippen LogP contribution is -2.41. The smallest absolute Gasteiger partial charge is 0.315 e. The molecule has 1 heterocycles. The third-order valence-electron chi connectivity index (χ3n) is 4.28. The summed E-state index contributed by atoms with van der Waals surface area (Å²) >= 11 is 0. The zero-order chi connectivity index (χ0) is 15.4. The van der Waals surface area contributed by atoms with Crippen LogP contribution in [0.3, 0.4) is 0 Å². The van der Waals surface area contributed by atoms with Gasteiger partial charge < -0.3 is 20.5 Å². The third-order valence-corrected chi connectivity index (χ3v) is 4.28. The number of aliphatic hydroxyl groups excluding tert-OH is 1. The highest BCUT2D eigenvalue weighted by atomic mass is 16.5. The first-order valence-corrected chi connectivity index (χ1v) is 7.80. The van der Waals surface area contributed by atoms with Crippen molar-refractivity contribution in [3.8, 4) is 0 Å². The highest BCUT2D eigenvalue weighted by molar-refractivity contribution is 5.74. The molecule has 1 aromatic rings. The van der Waals surface area contributed by atoms with Crippen molar-refractivity contribution in [2.45, 2.75) is 31.4 Å². The molecule has 5 nitrogen and oxygen atoms in total. The molecule has 0 bridgehead atoms. The minimum Gasteiger partial charge on any atom is -0.390 e. The first-order valence-electron chi connectivity index (χ1n) is 7.80. The van der Waals surface area contributed by atoms with Gasteiger partial charge in [0.25, 0.3) is 0 Å². The highest BCUT2D eigenvalue weighted by Crippen LogP contribution is 2.30. The van der Waals surface area contributed by atoms with E-state index >= 15 is 0 Å². The van der Waals surface area contributed by atoms with Crippen LogP contribution < -0.4 is 10.6 Å². The Morgan fingerprint density at radius 3 is 3.05 bits per heavy atom. The maximum absolute atomic E-state index is 12.0. The molecule has 1 aliphatic heterocycles. The second kappa shape index (κ2) is 6.94. The Morgan fingerprint density at radius 2 is 2.23 bits per heavy atom. The quantitative estimate of drug-likeness (QED) is 0.741. The van der Waals surface area contributed by atoms with E-state index in [0.29, 0.717) is 19.6 Å². The van der Waals surface area contributed by atoms with Crippen LogP contribution in [0.15, 0.2) is 35.9 Å². The molecule has 0 saturated carbocycles. The molecular weight excluding hydrogens is 280 g/mol. The lowest BCUT2D eigenvalue weighted by molar-refractivity contribution is 0.142.